The number of amides is 1. The maximum absolute atomic E-state index is 13.3. The number of carbonyl (C=O) groups excluding carboxylic acids is 2. The molecule has 0 bridgehead atoms. The number of nitrogens with zero attached hydrogens (tertiary/aromatic N) is 2. The summed E-state index contributed by atoms with van der Waals surface area (Å²) in [6.07, 6.45) is 9.25. The van der Waals surface area contributed by atoms with Gasteiger partial charge in [-0.3, -0.25) is 4.79 Å². The van der Waals surface area contributed by atoms with Gasteiger partial charge < -0.3 is 14.2 Å². The molecule has 1 aromatic carbocycles. The van der Waals surface area contributed by atoms with Gasteiger partial charge in [-0.15, -0.1) is 0 Å². The summed E-state index contributed by atoms with van der Waals surface area (Å²) in [6, 6.07) is 5.60. The highest BCUT2D eigenvalue weighted by Gasteiger charge is 2.33. The molecule has 0 spiro atoms. The van der Waals surface area contributed by atoms with Crippen LogP contribution < -0.4 is 0 Å². The first-order chi connectivity index (χ1) is 14.5. The van der Waals surface area contributed by atoms with Crippen molar-refractivity contribution in [2.45, 2.75) is 77.8 Å². The van der Waals surface area contributed by atoms with E-state index in [0.29, 0.717) is 18.5 Å². The molecule has 1 aromatic heterocycles. The number of aryl methyl sites for hydroxylation is 1. The second kappa shape index (κ2) is 8.83. The van der Waals surface area contributed by atoms with Crippen LogP contribution >= 0.6 is 0 Å². The van der Waals surface area contributed by atoms with E-state index in [1.54, 1.807) is 4.90 Å². The predicted molar refractivity (Wildman–Crippen MR) is 119 cm³/mol. The van der Waals surface area contributed by atoms with E-state index in [9.17, 15) is 9.59 Å². The largest absolute Gasteiger partial charge is 0.467 e. The van der Waals surface area contributed by atoms with Crippen LogP contribution in [0.3, 0.4) is 0 Å². The van der Waals surface area contributed by atoms with Gasteiger partial charge in [0.05, 0.1) is 7.11 Å². The van der Waals surface area contributed by atoms with Crippen molar-refractivity contribution in [3.05, 3.63) is 35.0 Å². The third kappa shape index (κ3) is 3.86. The Labute approximate surface area is 179 Å². The maximum Gasteiger partial charge on any atom is 0.328 e. The lowest BCUT2D eigenvalue weighted by Crippen LogP contribution is -2.48. The molecule has 5 heteroatoms. The van der Waals surface area contributed by atoms with E-state index < -0.39 is 6.04 Å². The molecule has 2 fully saturated rings. The summed E-state index contributed by atoms with van der Waals surface area (Å²) in [4.78, 5) is 27.2. The molecule has 1 unspecified atom stereocenters. The number of ether oxygens (including phenoxy) is 1. The summed E-state index contributed by atoms with van der Waals surface area (Å²) in [7, 11) is 1.40. The molecule has 1 aliphatic heterocycles. The first kappa shape index (κ1) is 21.0. The Morgan fingerprint density at radius 2 is 1.77 bits per heavy atom. The Kier molecular flexibility index (Phi) is 6.16. The number of benzene rings is 1. The lowest BCUT2D eigenvalue weighted by molar-refractivity contribution is -0.147. The van der Waals surface area contributed by atoms with Crippen molar-refractivity contribution in [3.63, 3.8) is 0 Å². The molecule has 2 aromatic rings. The van der Waals surface area contributed by atoms with E-state index in [1.165, 1.54) is 56.0 Å². The lowest BCUT2D eigenvalue weighted by atomic mass is 9.89. The van der Waals surface area contributed by atoms with Crippen LogP contribution in [0.4, 0.5) is 0 Å². The highest BCUT2D eigenvalue weighted by Crippen LogP contribution is 2.32. The molecule has 1 saturated carbocycles. The number of carbonyl (C=O) groups is 2. The SMILES string of the molecule is COC(=O)C1CCCCN1C(=O)c1ccc2c(c1)c(C)c(C)n2CC1CCCCC1. The molecule has 1 saturated heterocycles. The number of fused-ring (bicyclic) bond motifs is 1. The number of rotatable bonds is 4. The third-order valence-corrected chi connectivity index (χ3v) is 7.29. The van der Waals surface area contributed by atoms with Crippen LogP contribution in [-0.2, 0) is 16.1 Å². The molecule has 1 amide bonds. The van der Waals surface area contributed by atoms with Gasteiger partial charge in [0.25, 0.3) is 5.91 Å². The fraction of sp³-hybridized carbons (Fsp3) is 0.600. The Balaban J connectivity index is 1.63. The van der Waals surface area contributed by atoms with Crippen LogP contribution in [0.5, 0.6) is 0 Å². The molecule has 4 rings (SSSR count). The third-order valence-electron chi connectivity index (χ3n) is 7.29. The van der Waals surface area contributed by atoms with Crippen molar-refractivity contribution in [1.82, 2.24) is 9.47 Å². The Bertz CT molecular complexity index is 940. The summed E-state index contributed by atoms with van der Waals surface area (Å²) in [5, 5.41) is 1.15. The van der Waals surface area contributed by atoms with E-state index in [-0.39, 0.29) is 11.9 Å². The maximum atomic E-state index is 13.3. The number of methoxy groups -OCH3 is 1. The standard InChI is InChI=1S/C25H34N2O3/c1-17-18(2)27(16-19-9-5-4-6-10-19)22-13-12-20(15-21(17)22)24(28)26-14-8-7-11-23(26)25(29)30-3/h12-13,15,19,23H,4-11,14,16H2,1-3H3. The van der Waals surface area contributed by atoms with Crippen LogP contribution in [0, 0.1) is 19.8 Å². The molecule has 0 radical (unpaired) electrons. The first-order valence-electron chi connectivity index (χ1n) is 11.5. The second-order valence-electron chi connectivity index (χ2n) is 9.09. The van der Waals surface area contributed by atoms with E-state index in [2.05, 4.69) is 24.5 Å². The van der Waals surface area contributed by atoms with Gasteiger partial charge in [0.1, 0.15) is 6.04 Å². The molecule has 2 aliphatic rings. The fourth-order valence-electron chi connectivity index (χ4n) is 5.37. The fourth-order valence-corrected chi connectivity index (χ4v) is 5.37. The smallest absolute Gasteiger partial charge is 0.328 e. The molecule has 1 aliphatic carbocycles. The quantitative estimate of drug-likeness (QED) is 0.666. The van der Waals surface area contributed by atoms with Crippen molar-refractivity contribution in [1.29, 1.82) is 0 Å². The zero-order chi connectivity index (χ0) is 21.3. The molecular formula is C25H34N2O3. The molecule has 2 heterocycles. The minimum absolute atomic E-state index is 0.0657. The zero-order valence-electron chi connectivity index (χ0n) is 18.6. The van der Waals surface area contributed by atoms with Gasteiger partial charge in [-0.25, -0.2) is 4.79 Å². The van der Waals surface area contributed by atoms with E-state index >= 15 is 0 Å². The number of likely N-dealkylation sites (tertiary alicyclic amines) is 1. The average molecular weight is 411 g/mol. The van der Waals surface area contributed by atoms with Crippen molar-refractivity contribution in [2.75, 3.05) is 13.7 Å². The van der Waals surface area contributed by atoms with Crippen LogP contribution in [-0.4, -0.2) is 41.0 Å². The Hall–Kier alpha value is -2.30. The summed E-state index contributed by atoms with van der Waals surface area (Å²) < 4.78 is 7.40. The molecule has 5 nitrogen and oxygen atoms in total. The Morgan fingerprint density at radius 3 is 2.50 bits per heavy atom. The topological polar surface area (TPSA) is 51.5 Å². The summed E-state index contributed by atoms with van der Waals surface area (Å²) in [5.74, 6) is 0.377. The van der Waals surface area contributed by atoms with Crippen LogP contribution in [0.25, 0.3) is 10.9 Å². The highest BCUT2D eigenvalue weighted by atomic mass is 16.5. The normalized spacial score (nSPS) is 20.5. The predicted octanol–water partition coefficient (Wildman–Crippen LogP) is 5.01. The number of hydrogen-bond acceptors (Lipinski definition) is 3. The monoisotopic (exact) mass is 410 g/mol. The van der Waals surface area contributed by atoms with Crippen LogP contribution in [0.1, 0.15) is 73.0 Å². The number of piperidine rings is 1. The van der Waals surface area contributed by atoms with Gasteiger partial charge in [-0.05, 0) is 75.6 Å². The van der Waals surface area contributed by atoms with Crippen molar-refractivity contribution >= 4 is 22.8 Å². The summed E-state index contributed by atoms with van der Waals surface area (Å²) >= 11 is 0. The molecule has 162 valence electrons. The van der Waals surface area contributed by atoms with Gasteiger partial charge in [-0.1, -0.05) is 19.3 Å². The van der Waals surface area contributed by atoms with Gasteiger partial charge in [0.2, 0.25) is 0 Å². The molecule has 1 atom stereocenters. The van der Waals surface area contributed by atoms with Gasteiger partial charge >= 0.3 is 5.97 Å². The summed E-state index contributed by atoms with van der Waals surface area (Å²) in [5.41, 5.74) is 4.43. The van der Waals surface area contributed by atoms with Gasteiger partial charge in [-0.2, -0.15) is 0 Å². The minimum Gasteiger partial charge on any atom is -0.467 e. The number of hydrogen-bond donors (Lipinski definition) is 0. The first-order valence-corrected chi connectivity index (χ1v) is 11.5. The van der Waals surface area contributed by atoms with E-state index in [1.807, 2.05) is 12.1 Å². The lowest BCUT2D eigenvalue weighted by Gasteiger charge is -2.33. The van der Waals surface area contributed by atoms with Crippen molar-refractivity contribution in [3.8, 4) is 0 Å². The van der Waals surface area contributed by atoms with Crippen LogP contribution in [0.2, 0.25) is 0 Å². The van der Waals surface area contributed by atoms with E-state index in [4.69, 9.17) is 4.74 Å². The van der Waals surface area contributed by atoms with Gasteiger partial charge in [0, 0.05) is 35.2 Å². The number of esters is 1. The van der Waals surface area contributed by atoms with E-state index in [0.717, 1.165) is 30.7 Å². The molecule has 30 heavy (non-hydrogen) atoms. The zero-order valence-corrected chi connectivity index (χ0v) is 18.6. The number of aromatic nitrogens is 1. The Morgan fingerprint density at radius 1 is 1.03 bits per heavy atom. The van der Waals surface area contributed by atoms with Crippen molar-refractivity contribution in [2.24, 2.45) is 5.92 Å². The van der Waals surface area contributed by atoms with Crippen molar-refractivity contribution < 1.29 is 14.3 Å². The molecule has 0 N–H and O–H groups in total. The second-order valence-corrected chi connectivity index (χ2v) is 9.09. The average Bonchev–Trinajstić information content (AvgIpc) is 3.03. The molecular weight excluding hydrogens is 376 g/mol. The minimum atomic E-state index is -0.467. The van der Waals surface area contributed by atoms with Crippen LogP contribution in [0.15, 0.2) is 18.2 Å². The summed E-state index contributed by atoms with van der Waals surface area (Å²) in [6.45, 7) is 6.02. The van der Waals surface area contributed by atoms with Gasteiger partial charge in [0.15, 0.2) is 0 Å². The highest BCUT2D eigenvalue weighted by molar-refractivity contribution is 6.01.